The maximum Gasteiger partial charge on any atom is 0.107 e. The lowest BCUT2D eigenvalue weighted by atomic mass is 10.3. The van der Waals surface area contributed by atoms with E-state index in [0.717, 1.165) is 19.5 Å². The molecule has 0 aromatic rings. The molecule has 0 saturated heterocycles. The lowest BCUT2D eigenvalue weighted by Gasteiger charge is -2.26. The highest BCUT2D eigenvalue weighted by atomic mass is 16.5. The van der Waals surface area contributed by atoms with Gasteiger partial charge in [-0.15, -0.1) is 0 Å². The Hall–Kier alpha value is -0.160. The predicted octanol–water partition coefficient (Wildman–Crippen LogP) is 0.310. The third-order valence-corrected chi connectivity index (χ3v) is 1.95. The molecule has 0 radical (unpaired) electrons. The highest BCUT2D eigenvalue weighted by Crippen LogP contribution is 1.99. The minimum Gasteiger partial charge on any atom is -0.383 e. The van der Waals surface area contributed by atoms with E-state index in [1.165, 1.54) is 0 Å². The van der Waals surface area contributed by atoms with E-state index in [-0.39, 0.29) is 6.23 Å². The summed E-state index contributed by atoms with van der Waals surface area (Å²) in [4.78, 5) is 1.95. The van der Waals surface area contributed by atoms with Crippen molar-refractivity contribution in [3.63, 3.8) is 0 Å². The summed E-state index contributed by atoms with van der Waals surface area (Å²) in [5.41, 5.74) is 0. The maximum absolute atomic E-state index is 9.59. The number of aliphatic hydroxyl groups excluding tert-OH is 1. The van der Waals surface area contributed by atoms with Crippen LogP contribution in [-0.2, 0) is 9.47 Å². The molecule has 0 aliphatic rings. The zero-order chi connectivity index (χ0) is 10.1. The molecule has 1 atom stereocenters. The number of ether oxygens (including phenoxy) is 2. The number of methoxy groups -OCH3 is 2. The Kier molecular flexibility index (Phi) is 8.33. The smallest absolute Gasteiger partial charge is 0.107 e. The average molecular weight is 191 g/mol. The van der Waals surface area contributed by atoms with Gasteiger partial charge >= 0.3 is 0 Å². The van der Waals surface area contributed by atoms with E-state index in [9.17, 15) is 5.11 Å². The largest absolute Gasteiger partial charge is 0.383 e. The topological polar surface area (TPSA) is 41.9 Å². The summed E-state index contributed by atoms with van der Waals surface area (Å²) in [5, 5.41) is 9.59. The zero-order valence-corrected chi connectivity index (χ0v) is 8.82. The molecule has 0 heterocycles. The van der Waals surface area contributed by atoms with Crippen LogP contribution in [0.25, 0.3) is 0 Å². The van der Waals surface area contributed by atoms with Gasteiger partial charge in [-0.25, -0.2) is 0 Å². The second-order valence-electron chi connectivity index (χ2n) is 2.91. The molecule has 80 valence electrons. The van der Waals surface area contributed by atoms with Gasteiger partial charge in [0.05, 0.1) is 13.2 Å². The first-order valence-corrected chi connectivity index (χ1v) is 4.66. The first-order valence-electron chi connectivity index (χ1n) is 4.66. The van der Waals surface area contributed by atoms with Crippen LogP contribution in [-0.4, -0.2) is 56.8 Å². The van der Waals surface area contributed by atoms with Crippen LogP contribution >= 0.6 is 0 Å². The molecular formula is C9H21NO3. The fourth-order valence-corrected chi connectivity index (χ4v) is 1.09. The number of rotatable bonds is 8. The molecule has 0 rings (SSSR count). The van der Waals surface area contributed by atoms with Gasteiger partial charge in [0, 0.05) is 27.3 Å². The molecule has 0 bridgehead atoms. The molecule has 4 heteroatoms. The molecule has 4 nitrogen and oxygen atoms in total. The van der Waals surface area contributed by atoms with Crippen molar-refractivity contribution < 1.29 is 14.6 Å². The van der Waals surface area contributed by atoms with Gasteiger partial charge in [-0.1, -0.05) is 6.92 Å². The Morgan fingerprint density at radius 2 is 1.62 bits per heavy atom. The zero-order valence-electron chi connectivity index (χ0n) is 8.82. The van der Waals surface area contributed by atoms with Crippen LogP contribution in [0.3, 0.4) is 0 Å². The summed E-state index contributed by atoms with van der Waals surface area (Å²) in [6.45, 7) is 4.72. The summed E-state index contributed by atoms with van der Waals surface area (Å²) in [5.74, 6) is 0. The van der Waals surface area contributed by atoms with Gasteiger partial charge in [-0.05, 0) is 6.42 Å². The van der Waals surface area contributed by atoms with Crippen LogP contribution in [0.1, 0.15) is 13.3 Å². The molecular weight excluding hydrogens is 170 g/mol. The Morgan fingerprint density at radius 3 is 1.92 bits per heavy atom. The van der Waals surface area contributed by atoms with E-state index in [2.05, 4.69) is 0 Å². The maximum atomic E-state index is 9.59. The molecule has 0 fully saturated rings. The predicted molar refractivity (Wildman–Crippen MR) is 51.6 cm³/mol. The SMILES string of the molecule is CCC(O)N(CCOC)CCOC. The molecule has 0 aromatic heterocycles. The Labute approximate surface area is 80.4 Å². The molecule has 0 aliphatic carbocycles. The second-order valence-corrected chi connectivity index (χ2v) is 2.91. The highest BCUT2D eigenvalue weighted by Gasteiger charge is 2.12. The molecule has 0 aliphatic heterocycles. The van der Waals surface area contributed by atoms with Crippen LogP contribution in [0.5, 0.6) is 0 Å². The monoisotopic (exact) mass is 191 g/mol. The van der Waals surface area contributed by atoms with E-state index in [1.807, 2.05) is 11.8 Å². The van der Waals surface area contributed by atoms with Gasteiger partial charge < -0.3 is 14.6 Å². The Morgan fingerprint density at radius 1 is 1.15 bits per heavy atom. The highest BCUT2D eigenvalue weighted by molar-refractivity contribution is 4.59. The quantitative estimate of drug-likeness (QED) is 0.561. The third kappa shape index (κ3) is 5.99. The lowest BCUT2D eigenvalue weighted by molar-refractivity contribution is -0.0233. The Balaban J connectivity index is 3.72. The van der Waals surface area contributed by atoms with Crippen molar-refractivity contribution >= 4 is 0 Å². The van der Waals surface area contributed by atoms with Gasteiger partial charge in [0.2, 0.25) is 0 Å². The van der Waals surface area contributed by atoms with Gasteiger partial charge in [0.15, 0.2) is 0 Å². The summed E-state index contributed by atoms with van der Waals surface area (Å²) in [7, 11) is 3.32. The molecule has 0 saturated carbocycles. The van der Waals surface area contributed by atoms with Gasteiger partial charge in [-0.3, -0.25) is 4.90 Å². The van der Waals surface area contributed by atoms with Crippen LogP contribution in [0.2, 0.25) is 0 Å². The fraction of sp³-hybridized carbons (Fsp3) is 1.00. The van der Waals surface area contributed by atoms with Crippen molar-refractivity contribution in [1.29, 1.82) is 0 Å². The van der Waals surface area contributed by atoms with Gasteiger partial charge in [-0.2, -0.15) is 0 Å². The number of hydrogen-bond donors (Lipinski definition) is 1. The molecule has 13 heavy (non-hydrogen) atoms. The van der Waals surface area contributed by atoms with E-state index in [0.29, 0.717) is 13.2 Å². The molecule has 0 spiro atoms. The standard InChI is InChI=1S/C9H21NO3/c1-4-9(11)10(5-7-12-2)6-8-13-3/h9,11H,4-8H2,1-3H3. The summed E-state index contributed by atoms with van der Waals surface area (Å²) < 4.78 is 9.91. The average Bonchev–Trinajstić information content (AvgIpc) is 2.17. The summed E-state index contributed by atoms with van der Waals surface area (Å²) in [6, 6.07) is 0. The van der Waals surface area contributed by atoms with Gasteiger partial charge in [0.1, 0.15) is 6.23 Å². The van der Waals surface area contributed by atoms with E-state index >= 15 is 0 Å². The van der Waals surface area contributed by atoms with Crippen molar-refractivity contribution in [2.45, 2.75) is 19.6 Å². The molecule has 1 unspecified atom stereocenters. The fourth-order valence-electron chi connectivity index (χ4n) is 1.09. The first-order chi connectivity index (χ1) is 6.26. The Bertz CT molecular complexity index is 103. The van der Waals surface area contributed by atoms with Crippen molar-refractivity contribution in [3.05, 3.63) is 0 Å². The van der Waals surface area contributed by atoms with Gasteiger partial charge in [0.25, 0.3) is 0 Å². The summed E-state index contributed by atoms with van der Waals surface area (Å²) in [6.07, 6.45) is 0.346. The van der Waals surface area contributed by atoms with Crippen LogP contribution in [0.15, 0.2) is 0 Å². The first kappa shape index (κ1) is 12.8. The molecule has 0 aromatic carbocycles. The molecule has 1 N–H and O–H groups in total. The minimum atomic E-state index is -0.384. The number of nitrogens with zero attached hydrogens (tertiary/aromatic N) is 1. The van der Waals surface area contributed by atoms with Crippen molar-refractivity contribution in [2.75, 3.05) is 40.5 Å². The normalized spacial score (nSPS) is 13.6. The minimum absolute atomic E-state index is 0.384. The van der Waals surface area contributed by atoms with Crippen LogP contribution in [0.4, 0.5) is 0 Å². The lowest BCUT2D eigenvalue weighted by Crippen LogP contribution is -2.39. The molecule has 0 amide bonds. The van der Waals surface area contributed by atoms with Crippen LogP contribution in [0, 0.1) is 0 Å². The number of aliphatic hydroxyl groups is 1. The summed E-state index contributed by atoms with van der Waals surface area (Å²) >= 11 is 0. The van der Waals surface area contributed by atoms with Crippen molar-refractivity contribution in [1.82, 2.24) is 4.90 Å². The van der Waals surface area contributed by atoms with E-state index < -0.39 is 0 Å². The van der Waals surface area contributed by atoms with Crippen LogP contribution < -0.4 is 0 Å². The third-order valence-electron chi connectivity index (χ3n) is 1.95. The van der Waals surface area contributed by atoms with Crippen molar-refractivity contribution in [3.8, 4) is 0 Å². The van der Waals surface area contributed by atoms with Crippen molar-refractivity contribution in [2.24, 2.45) is 0 Å². The van der Waals surface area contributed by atoms with E-state index in [4.69, 9.17) is 9.47 Å². The van der Waals surface area contributed by atoms with E-state index in [1.54, 1.807) is 14.2 Å². The number of hydrogen-bond acceptors (Lipinski definition) is 4. The second kappa shape index (κ2) is 8.44.